The predicted molar refractivity (Wildman–Crippen MR) is 86.6 cm³/mol. The van der Waals surface area contributed by atoms with Crippen molar-refractivity contribution >= 4 is 37.3 Å². The number of hydrogen-bond acceptors (Lipinski definition) is 5. The molecule has 0 fully saturated rings. The molecule has 0 aliphatic heterocycles. The molecular formula is C12H17BrN4O2S2. The fourth-order valence-electron chi connectivity index (χ4n) is 1.72. The van der Waals surface area contributed by atoms with Crippen LogP contribution in [0.15, 0.2) is 27.0 Å². The van der Waals surface area contributed by atoms with Crippen LogP contribution in [0.3, 0.4) is 0 Å². The summed E-state index contributed by atoms with van der Waals surface area (Å²) >= 11 is 4.75. The van der Waals surface area contributed by atoms with Crippen LogP contribution in [-0.4, -0.2) is 24.7 Å². The van der Waals surface area contributed by atoms with Gasteiger partial charge in [0, 0.05) is 24.7 Å². The smallest absolute Gasteiger partial charge is 0.242 e. The molecule has 0 atom stereocenters. The highest BCUT2D eigenvalue weighted by atomic mass is 79.9. The van der Waals surface area contributed by atoms with Crippen molar-refractivity contribution in [3.8, 4) is 0 Å². The van der Waals surface area contributed by atoms with Gasteiger partial charge in [-0.15, -0.1) is 11.3 Å². The van der Waals surface area contributed by atoms with Crippen LogP contribution >= 0.6 is 27.3 Å². The van der Waals surface area contributed by atoms with Crippen molar-refractivity contribution in [3.05, 3.63) is 32.7 Å². The van der Waals surface area contributed by atoms with Gasteiger partial charge in [-0.1, -0.05) is 6.92 Å². The van der Waals surface area contributed by atoms with Crippen molar-refractivity contribution in [2.75, 3.05) is 6.54 Å². The Hall–Kier alpha value is -0.740. The molecule has 2 heterocycles. The quantitative estimate of drug-likeness (QED) is 0.753. The zero-order valence-corrected chi connectivity index (χ0v) is 15.0. The maximum Gasteiger partial charge on any atom is 0.242 e. The second-order valence-electron chi connectivity index (χ2n) is 4.44. The summed E-state index contributed by atoms with van der Waals surface area (Å²) in [5.74, 6) is 0. The molecule has 0 amide bonds. The first-order chi connectivity index (χ1) is 9.92. The summed E-state index contributed by atoms with van der Waals surface area (Å²) in [5.41, 5.74) is 0.681. The number of nitrogens with zero attached hydrogens (tertiary/aromatic N) is 2. The average Bonchev–Trinajstić information content (AvgIpc) is 3.00. The van der Waals surface area contributed by atoms with Crippen molar-refractivity contribution in [1.82, 2.24) is 19.8 Å². The third kappa shape index (κ3) is 4.36. The van der Waals surface area contributed by atoms with Gasteiger partial charge in [0.15, 0.2) is 0 Å². The van der Waals surface area contributed by atoms with E-state index in [9.17, 15) is 8.42 Å². The van der Waals surface area contributed by atoms with E-state index in [1.165, 1.54) is 11.3 Å². The number of hydrogen-bond donors (Lipinski definition) is 2. The topological polar surface area (TPSA) is 76.0 Å². The minimum atomic E-state index is -3.55. The summed E-state index contributed by atoms with van der Waals surface area (Å²) < 4.78 is 29.5. The Morgan fingerprint density at radius 2 is 2.19 bits per heavy atom. The fraction of sp³-hybridized carbons (Fsp3) is 0.417. The summed E-state index contributed by atoms with van der Waals surface area (Å²) in [6, 6.07) is 3.47. The van der Waals surface area contributed by atoms with E-state index in [-0.39, 0.29) is 11.4 Å². The van der Waals surface area contributed by atoms with Gasteiger partial charge in [-0.05, 0) is 34.6 Å². The van der Waals surface area contributed by atoms with E-state index in [4.69, 9.17) is 0 Å². The third-order valence-corrected chi connectivity index (χ3v) is 6.41. The molecule has 0 radical (unpaired) electrons. The second-order valence-corrected chi connectivity index (χ2v) is 8.63. The van der Waals surface area contributed by atoms with Crippen molar-refractivity contribution in [1.29, 1.82) is 0 Å². The van der Waals surface area contributed by atoms with Gasteiger partial charge in [0.25, 0.3) is 0 Å². The van der Waals surface area contributed by atoms with Crippen LogP contribution in [0.1, 0.15) is 17.5 Å². The van der Waals surface area contributed by atoms with Gasteiger partial charge in [0.1, 0.15) is 4.90 Å². The molecule has 0 saturated carbocycles. The van der Waals surface area contributed by atoms with E-state index in [1.807, 2.05) is 6.92 Å². The number of halogens is 1. The molecule has 0 unspecified atom stereocenters. The Bertz CT molecular complexity index is 709. The molecule has 2 aromatic rings. The van der Waals surface area contributed by atoms with E-state index in [1.54, 1.807) is 30.1 Å². The highest BCUT2D eigenvalue weighted by Crippen LogP contribution is 2.31. The minimum absolute atomic E-state index is 0.175. The van der Waals surface area contributed by atoms with Crippen molar-refractivity contribution in [2.24, 2.45) is 7.05 Å². The van der Waals surface area contributed by atoms with Gasteiger partial charge in [-0.3, -0.25) is 4.68 Å². The Balaban J connectivity index is 2.09. The van der Waals surface area contributed by atoms with Crippen LogP contribution in [0.2, 0.25) is 0 Å². The molecule has 9 heteroatoms. The van der Waals surface area contributed by atoms with Crippen LogP contribution in [-0.2, 0) is 30.2 Å². The molecule has 2 N–H and O–H groups in total. The number of nitrogens with one attached hydrogen (secondary N) is 2. The minimum Gasteiger partial charge on any atom is -0.312 e. The lowest BCUT2D eigenvalue weighted by Gasteiger charge is -2.03. The molecule has 0 aliphatic rings. The lowest BCUT2D eigenvalue weighted by molar-refractivity contribution is 0.579. The normalized spacial score (nSPS) is 12.0. The Labute approximate surface area is 136 Å². The van der Waals surface area contributed by atoms with Crippen LogP contribution in [0.25, 0.3) is 0 Å². The van der Waals surface area contributed by atoms with Gasteiger partial charge in [0.05, 0.1) is 16.0 Å². The third-order valence-electron chi connectivity index (χ3n) is 2.76. The lowest BCUT2D eigenvalue weighted by atomic mass is 10.4. The van der Waals surface area contributed by atoms with Crippen molar-refractivity contribution < 1.29 is 8.42 Å². The number of aryl methyl sites for hydroxylation is 1. The van der Waals surface area contributed by atoms with Crippen LogP contribution < -0.4 is 10.0 Å². The standard InChI is InChI=1S/C12H17BrN4O2S2/c1-3-14-8-10-6-11(12(13)20-10)21(18,19)15-7-9-4-5-17(2)16-9/h4-6,14-15H,3,7-8H2,1-2H3. The van der Waals surface area contributed by atoms with E-state index < -0.39 is 10.0 Å². The number of sulfonamides is 1. The van der Waals surface area contributed by atoms with E-state index in [0.717, 1.165) is 11.4 Å². The number of rotatable bonds is 7. The van der Waals surface area contributed by atoms with Gasteiger partial charge in [-0.25, -0.2) is 13.1 Å². The first kappa shape index (κ1) is 16.6. The Morgan fingerprint density at radius 1 is 1.43 bits per heavy atom. The van der Waals surface area contributed by atoms with E-state index >= 15 is 0 Å². The van der Waals surface area contributed by atoms with Crippen LogP contribution in [0, 0.1) is 0 Å². The molecule has 21 heavy (non-hydrogen) atoms. The summed E-state index contributed by atoms with van der Waals surface area (Å²) in [7, 11) is -1.76. The highest BCUT2D eigenvalue weighted by Gasteiger charge is 2.20. The lowest BCUT2D eigenvalue weighted by Crippen LogP contribution is -2.23. The summed E-state index contributed by atoms with van der Waals surface area (Å²) in [4.78, 5) is 1.25. The molecule has 0 aromatic carbocycles. The SMILES string of the molecule is CCNCc1cc(S(=O)(=O)NCc2ccn(C)n2)c(Br)s1. The average molecular weight is 393 g/mol. The first-order valence-corrected chi connectivity index (χ1v) is 9.48. The zero-order valence-electron chi connectivity index (χ0n) is 11.8. The monoisotopic (exact) mass is 392 g/mol. The van der Waals surface area contributed by atoms with Crippen LogP contribution in [0.5, 0.6) is 0 Å². The highest BCUT2D eigenvalue weighted by molar-refractivity contribution is 9.11. The van der Waals surface area contributed by atoms with Crippen molar-refractivity contribution in [2.45, 2.75) is 24.9 Å². The van der Waals surface area contributed by atoms with Gasteiger partial charge < -0.3 is 5.32 Å². The number of aromatic nitrogens is 2. The molecule has 116 valence electrons. The summed E-state index contributed by atoms with van der Waals surface area (Å²) in [6.07, 6.45) is 1.78. The van der Waals surface area contributed by atoms with E-state index in [0.29, 0.717) is 16.0 Å². The number of thiophene rings is 1. The first-order valence-electron chi connectivity index (χ1n) is 6.39. The predicted octanol–water partition coefficient (Wildman–Crippen LogP) is 1.83. The second kappa shape index (κ2) is 7.01. The van der Waals surface area contributed by atoms with Crippen molar-refractivity contribution in [3.63, 3.8) is 0 Å². The van der Waals surface area contributed by atoms with Gasteiger partial charge in [0.2, 0.25) is 10.0 Å². The molecule has 0 saturated heterocycles. The molecule has 0 aliphatic carbocycles. The Kier molecular flexibility index (Phi) is 5.55. The molecule has 0 spiro atoms. The largest absolute Gasteiger partial charge is 0.312 e. The Morgan fingerprint density at radius 3 is 2.81 bits per heavy atom. The maximum absolute atomic E-state index is 12.3. The molecular weight excluding hydrogens is 376 g/mol. The van der Waals surface area contributed by atoms with E-state index in [2.05, 4.69) is 31.1 Å². The molecule has 2 rings (SSSR count). The van der Waals surface area contributed by atoms with Gasteiger partial charge >= 0.3 is 0 Å². The zero-order chi connectivity index (χ0) is 15.5. The molecule has 0 bridgehead atoms. The summed E-state index contributed by atoms with van der Waals surface area (Å²) in [6.45, 7) is 3.69. The summed E-state index contributed by atoms with van der Waals surface area (Å²) in [5, 5.41) is 7.32. The molecule has 2 aromatic heterocycles. The molecule has 6 nitrogen and oxygen atoms in total. The fourth-order valence-corrected chi connectivity index (χ4v) is 5.37. The van der Waals surface area contributed by atoms with Crippen LogP contribution in [0.4, 0.5) is 0 Å². The maximum atomic E-state index is 12.3. The van der Waals surface area contributed by atoms with Gasteiger partial charge in [-0.2, -0.15) is 5.10 Å².